The molecule has 2 fully saturated rings. The molecule has 0 spiro atoms. The maximum Gasteiger partial charge on any atom is 0.317 e. The fraction of sp³-hybridized carbons (Fsp3) is 0.556. The summed E-state index contributed by atoms with van der Waals surface area (Å²) >= 11 is 0. The van der Waals surface area contributed by atoms with E-state index in [2.05, 4.69) is 17.4 Å². The number of ether oxygens (including phenoxy) is 1. The van der Waals surface area contributed by atoms with Crippen LogP contribution in [-0.4, -0.2) is 47.7 Å². The summed E-state index contributed by atoms with van der Waals surface area (Å²) in [6.45, 7) is 1.50. The van der Waals surface area contributed by atoms with Gasteiger partial charge in [-0.1, -0.05) is 30.3 Å². The van der Waals surface area contributed by atoms with Crippen molar-refractivity contribution in [2.75, 3.05) is 19.6 Å². The normalized spacial score (nSPS) is 24.8. The van der Waals surface area contributed by atoms with E-state index < -0.39 is 5.97 Å². The number of carboxylic acid groups (broad SMARTS) is 1. The van der Waals surface area contributed by atoms with Gasteiger partial charge >= 0.3 is 12.0 Å². The highest BCUT2D eigenvalue weighted by molar-refractivity contribution is 5.75. The lowest BCUT2D eigenvalue weighted by Gasteiger charge is -2.30. The Morgan fingerprint density at radius 3 is 2.50 bits per heavy atom. The van der Waals surface area contributed by atoms with Crippen LogP contribution in [0.2, 0.25) is 0 Å². The average Bonchev–Trinajstić information content (AvgIpc) is 3.09. The lowest BCUT2D eigenvalue weighted by molar-refractivity contribution is -0.143. The largest absolute Gasteiger partial charge is 0.481 e. The van der Waals surface area contributed by atoms with Crippen LogP contribution in [-0.2, 0) is 9.53 Å². The summed E-state index contributed by atoms with van der Waals surface area (Å²) in [6, 6.07) is 10.0. The predicted molar refractivity (Wildman–Crippen MR) is 88.6 cm³/mol. The molecule has 0 bridgehead atoms. The maximum absolute atomic E-state index is 12.2. The smallest absolute Gasteiger partial charge is 0.317 e. The van der Waals surface area contributed by atoms with Gasteiger partial charge in [-0.15, -0.1) is 0 Å². The molecular formula is C18H24N2O4. The van der Waals surface area contributed by atoms with Crippen LogP contribution in [0, 0.1) is 5.92 Å². The lowest BCUT2D eigenvalue weighted by Crippen LogP contribution is -2.47. The Labute approximate surface area is 141 Å². The first kappa shape index (κ1) is 16.8. The SMILES string of the molecule is O=C(O)C1CCN(C(=O)NC[C@H]2CC[C@@H](c3ccccc3)O2)CC1. The number of hydrogen-bond donors (Lipinski definition) is 2. The molecule has 2 saturated heterocycles. The maximum atomic E-state index is 12.2. The van der Waals surface area contributed by atoms with E-state index >= 15 is 0 Å². The summed E-state index contributed by atoms with van der Waals surface area (Å²) in [5.74, 6) is -1.08. The fourth-order valence-corrected chi connectivity index (χ4v) is 3.41. The number of aliphatic carboxylic acids is 1. The van der Waals surface area contributed by atoms with Crippen LogP contribution >= 0.6 is 0 Å². The molecule has 130 valence electrons. The number of nitrogens with zero attached hydrogens (tertiary/aromatic N) is 1. The van der Waals surface area contributed by atoms with Gasteiger partial charge in [-0.05, 0) is 31.2 Å². The topological polar surface area (TPSA) is 78.9 Å². The van der Waals surface area contributed by atoms with E-state index in [0.717, 1.165) is 12.8 Å². The number of nitrogens with one attached hydrogen (secondary N) is 1. The van der Waals surface area contributed by atoms with Crippen molar-refractivity contribution in [2.45, 2.75) is 37.9 Å². The van der Waals surface area contributed by atoms with Crippen LogP contribution < -0.4 is 5.32 Å². The van der Waals surface area contributed by atoms with Crippen molar-refractivity contribution in [3.05, 3.63) is 35.9 Å². The van der Waals surface area contributed by atoms with Crippen LogP contribution in [0.25, 0.3) is 0 Å². The monoisotopic (exact) mass is 332 g/mol. The molecule has 24 heavy (non-hydrogen) atoms. The number of carboxylic acids is 1. The zero-order valence-corrected chi connectivity index (χ0v) is 13.7. The van der Waals surface area contributed by atoms with Gasteiger partial charge in [0.05, 0.1) is 18.1 Å². The van der Waals surface area contributed by atoms with Gasteiger partial charge in [0.25, 0.3) is 0 Å². The van der Waals surface area contributed by atoms with E-state index in [1.54, 1.807) is 4.90 Å². The van der Waals surface area contributed by atoms with Gasteiger partial charge in [-0.2, -0.15) is 0 Å². The van der Waals surface area contributed by atoms with Gasteiger partial charge in [0.15, 0.2) is 0 Å². The van der Waals surface area contributed by atoms with E-state index in [9.17, 15) is 9.59 Å². The molecule has 3 rings (SSSR count). The van der Waals surface area contributed by atoms with E-state index in [1.807, 2.05) is 18.2 Å². The minimum atomic E-state index is -0.763. The molecule has 2 heterocycles. The summed E-state index contributed by atoms with van der Waals surface area (Å²) in [5, 5.41) is 11.9. The third-order valence-corrected chi connectivity index (χ3v) is 4.89. The number of benzene rings is 1. The van der Waals surface area contributed by atoms with Crippen molar-refractivity contribution in [3.8, 4) is 0 Å². The number of hydrogen-bond acceptors (Lipinski definition) is 3. The highest BCUT2D eigenvalue weighted by Crippen LogP contribution is 2.32. The van der Waals surface area contributed by atoms with Crippen LogP contribution in [0.1, 0.15) is 37.4 Å². The van der Waals surface area contributed by atoms with Gasteiger partial charge in [0, 0.05) is 19.6 Å². The minimum Gasteiger partial charge on any atom is -0.481 e. The number of carbonyl (C=O) groups is 2. The number of rotatable bonds is 4. The zero-order chi connectivity index (χ0) is 16.9. The zero-order valence-electron chi connectivity index (χ0n) is 13.7. The first-order chi connectivity index (χ1) is 11.6. The summed E-state index contributed by atoms with van der Waals surface area (Å²) in [5.41, 5.74) is 1.18. The average molecular weight is 332 g/mol. The number of likely N-dealkylation sites (tertiary alicyclic amines) is 1. The molecule has 0 radical (unpaired) electrons. The van der Waals surface area contributed by atoms with E-state index in [4.69, 9.17) is 9.84 Å². The quantitative estimate of drug-likeness (QED) is 0.887. The van der Waals surface area contributed by atoms with Crippen LogP contribution in [0.3, 0.4) is 0 Å². The molecule has 1 aromatic carbocycles. The summed E-state index contributed by atoms with van der Waals surface area (Å²) < 4.78 is 6.02. The highest BCUT2D eigenvalue weighted by atomic mass is 16.5. The lowest BCUT2D eigenvalue weighted by atomic mass is 9.97. The summed E-state index contributed by atoms with van der Waals surface area (Å²) in [7, 11) is 0. The second-order valence-corrected chi connectivity index (χ2v) is 6.52. The van der Waals surface area contributed by atoms with Gasteiger partial charge in [0.1, 0.15) is 0 Å². The Kier molecular flexibility index (Phi) is 5.35. The molecule has 6 nitrogen and oxygen atoms in total. The van der Waals surface area contributed by atoms with Crippen LogP contribution in [0.15, 0.2) is 30.3 Å². The van der Waals surface area contributed by atoms with Crippen LogP contribution in [0.5, 0.6) is 0 Å². The summed E-state index contributed by atoms with van der Waals surface area (Å²) in [4.78, 5) is 24.8. The third kappa shape index (κ3) is 4.06. The molecule has 0 aromatic heterocycles. The van der Waals surface area contributed by atoms with Crippen molar-refractivity contribution < 1.29 is 19.4 Å². The molecule has 2 aliphatic rings. The highest BCUT2D eigenvalue weighted by Gasteiger charge is 2.29. The van der Waals surface area contributed by atoms with E-state index in [0.29, 0.717) is 32.5 Å². The predicted octanol–water partition coefficient (Wildman–Crippen LogP) is 2.41. The number of piperidine rings is 1. The van der Waals surface area contributed by atoms with Crippen molar-refractivity contribution in [3.63, 3.8) is 0 Å². The van der Waals surface area contributed by atoms with Gasteiger partial charge in [-0.25, -0.2) is 4.79 Å². The standard InChI is InChI=1S/C18H24N2O4/c21-17(22)14-8-10-20(11-9-14)18(23)19-12-15-6-7-16(24-15)13-4-2-1-3-5-13/h1-5,14-16H,6-12H2,(H,19,23)(H,21,22)/t15-,16+/m1/s1. The van der Waals surface area contributed by atoms with E-state index in [1.165, 1.54) is 5.56 Å². The van der Waals surface area contributed by atoms with Gasteiger partial charge in [-0.3, -0.25) is 4.79 Å². The molecular weight excluding hydrogens is 308 g/mol. The first-order valence-electron chi connectivity index (χ1n) is 8.59. The molecule has 0 unspecified atom stereocenters. The molecule has 2 amide bonds. The van der Waals surface area contributed by atoms with Crippen molar-refractivity contribution in [1.29, 1.82) is 0 Å². The number of urea groups is 1. The molecule has 6 heteroatoms. The van der Waals surface area contributed by atoms with Gasteiger partial charge < -0.3 is 20.1 Å². The molecule has 1 aromatic rings. The minimum absolute atomic E-state index is 0.0377. The first-order valence-corrected chi connectivity index (χ1v) is 8.59. The molecule has 2 aliphatic heterocycles. The second-order valence-electron chi connectivity index (χ2n) is 6.52. The number of carbonyl (C=O) groups excluding carboxylic acids is 1. The van der Waals surface area contributed by atoms with E-state index in [-0.39, 0.29) is 24.2 Å². The Balaban J connectivity index is 1.40. The molecule has 2 atom stereocenters. The molecule has 0 saturated carbocycles. The van der Waals surface area contributed by atoms with Crippen molar-refractivity contribution >= 4 is 12.0 Å². The Morgan fingerprint density at radius 2 is 1.83 bits per heavy atom. The third-order valence-electron chi connectivity index (χ3n) is 4.89. The summed E-state index contributed by atoms with van der Waals surface area (Å²) in [6.07, 6.45) is 3.10. The number of amides is 2. The van der Waals surface area contributed by atoms with Crippen LogP contribution in [0.4, 0.5) is 4.79 Å². The molecule has 0 aliphatic carbocycles. The molecule has 2 N–H and O–H groups in total. The Morgan fingerprint density at radius 1 is 1.12 bits per heavy atom. The van der Waals surface area contributed by atoms with Crippen molar-refractivity contribution in [2.24, 2.45) is 5.92 Å². The Bertz CT molecular complexity index is 570. The van der Waals surface area contributed by atoms with Gasteiger partial charge in [0.2, 0.25) is 0 Å². The second kappa shape index (κ2) is 7.66. The Hall–Kier alpha value is -2.08. The van der Waals surface area contributed by atoms with Crippen molar-refractivity contribution in [1.82, 2.24) is 10.2 Å². The fourth-order valence-electron chi connectivity index (χ4n) is 3.41.